The lowest BCUT2D eigenvalue weighted by molar-refractivity contribution is 0.257. The minimum Gasteiger partial charge on any atom is -0.494 e. The number of hydrogen-bond donors (Lipinski definition) is 1. The smallest absolute Gasteiger partial charge is 0.243 e. The molecule has 126 valence electrons. The normalized spacial score (nSPS) is 19.5. The van der Waals surface area contributed by atoms with Gasteiger partial charge in [-0.1, -0.05) is 6.42 Å². The van der Waals surface area contributed by atoms with Crippen LogP contribution < -0.4 is 10.5 Å². The first-order valence-electron chi connectivity index (χ1n) is 6.98. The van der Waals surface area contributed by atoms with Crippen LogP contribution in [-0.2, 0) is 10.0 Å². The molecule has 0 bridgehead atoms. The molecule has 0 radical (unpaired) electrons. The first-order chi connectivity index (χ1) is 9.93. The molecule has 1 unspecified atom stereocenters. The van der Waals surface area contributed by atoms with Gasteiger partial charge in [0.15, 0.2) is 11.6 Å². The molecule has 0 aromatic heterocycles. The molecule has 1 aromatic rings. The Morgan fingerprint density at radius 3 is 2.68 bits per heavy atom. The Labute approximate surface area is 137 Å². The van der Waals surface area contributed by atoms with Crippen LogP contribution in [0, 0.1) is 12.7 Å². The number of piperidine rings is 1. The molecule has 1 aliphatic heterocycles. The minimum absolute atomic E-state index is 0. The standard InChI is InChI=1S/C14H21FN2O3S.ClH/c1-10-13(7-6-12(20-2)14(10)15)21(18,19)17-8-4-3-5-11(17)9-16;/h6-7,11H,3-5,8-9,16H2,1-2H3;1H. The molecule has 0 spiro atoms. The maximum atomic E-state index is 14.1. The molecule has 2 rings (SSSR count). The van der Waals surface area contributed by atoms with E-state index in [9.17, 15) is 12.8 Å². The Kier molecular flexibility index (Phi) is 6.61. The van der Waals surface area contributed by atoms with Crippen molar-refractivity contribution in [1.82, 2.24) is 4.31 Å². The highest BCUT2D eigenvalue weighted by atomic mass is 35.5. The van der Waals surface area contributed by atoms with E-state index in [0.717, 1.165) is 19.3 Å². The van der Waals surface area contributed by atoms with E-state index in [1.54, 1.807) is 0 Å². The fraction of sp³-hybridized carbons (Fsp3) is 0.571. The number of halogens is 2. The van der Waals surface area contributed by atoms with Gasteiger partial charge in [0.2, 0.25) is 10.0 Å². The van der Waals surface area contributed by atoms with E-state index in [-0.39, 0.29) is 41.2 Å². The molecule has 2 N–H and O–H groups in total. The average molecular weight is 353 g/mol. The van der Waals surface area contributed by atoms with E-state index in [4.69, 9.17) is 10.5 Å². The molecule has 0 saturated carbocycles. The Morgan fingerprint density at radius 2 is 2.09 bits per heavy atom. The molecule has 8 heteroatoms. The van der Waals surface area contributed by atoms with E-state index in [2.05, 4.69) is 0 Å². The lowest BCUT2D eigenvalue weighted by Gasteiger charge is -2.34. The minimum atomic E-state index is -3.74. The Morgan fingerprint density at radius 1 is 1.41 bits per heavy atom. The predicted octanol–water partition coefficient (Wildman–Crippen LogP) is 2.07. The van der Waals surface area contributed by atoms with Crippen LogP contribution in [0.4, 0.5) is 4.39 Å². The molecule has 0 aliphatic carbocycles. The quantitative estimate of drug-likeness (QED) is 0.900. The maximum Gasteiger partial charge on any atom is 0.243 e. The van der Waals surface area contributed by atoms with Crippen molar-refractivity contribution in [3.63, 3.8) is 0 Å². The van der Waals surface area contributed by atoms with Crippen molar-refractivity contribution < 1.29 is 17.5 Å². The van der Waals surface area contributed by atoms with Gasteiger partial charge in [-0.2, -0.15) is 4.31 Å². The summed E-state index contributed by atoms with van der Waals surface area (Å²) in [5, 5.41) is 0. The van der Waals surface area contributed by atoms with Gasteiger partial charge < -0.3 is 10.5 Å². The summed E-state index contributed by atoms with van der Waals surface area (Å²) in [7, 11) is -2.40. The molecule has 1 atom stereocenters. The second-order valence-corrected chi connectivity index (χ2v) is 7.06. The number of rotatable bonds is 4. The molecule has 1 heterocycles. The summed E-state index contributed by atoms with van der Waals surface area (Å²) in [4.78, 5) is -0.0128. The highest BCUT2D eigenvalue weighted by Gasteiger charge is 2.34. The van der Waals surface area contributed by atoms with Gasteiger partial charge in [-0.25, -0.2) is 12.8 Å². The summed E-state index contributed by atoms with van der Waals surface area (Å²) < 4.78 is 46.0. The molecule has 1 aromatic carbocycles. The first kappa shape index (κ1) is 19.2. The van der Waals surface area contributed by atoms with E-state index < -0.39 is 15.8 Å². The molecule has 22 heavy (non-hydrogen) atoms. The van der Waals surface area contributed by atoms with Gasteiger partial charge in [0.05, 0.1) is 12.0 Å². The van der Waals surface area contributed by atoms with Crippen molar-refractivity contribution in [2.45, 2.75) is 37.1 Å². The number of methoxy groups -OCH3 is 1. The van der Waals surface area contributed by atoms with Crippen LogP contribution in [0.2, 0.25) is 0 Å². The van der Waals surface area contributed by atoms with Crippen LogP contribution in [0.25, 0.3) is 0 Å². The van der Waals surface area contributed by atoms with Crippen LogP contribution >= 0.6 is 12.4 Å². The zero-order chi connectivity index (χ0) is 15.6. The third-order valence-electron chi connectivity index (χ3n) is 3.95. The Hall–Kier alpha value is -0.890. The van der Waals surface area contributed by atoms with Crippen LogP contribution in [0.3, 0.4) is 0 Å². The Balaban J connectivity index is 0.00000242. The maximum absolute atomic E-state index is 14.1. The summed E-state index contributed by atoms with van der Waals surface area (Å²) in [5.41, 5.74) is 5.76. The van der Waals surface area contributed by atoms with Gasteiger partial charge in [-0.15, -0.1) is 12.4 Å². The van der Waals surface area contributed by atoms with Gasteiger partial charge in [0.1, 0.15) is 0 Å². The van der Waals surface area contributed by atoms with Crippen molar-refractivity contribution >= 4 is 22.4 Å². The van der Waals surface area contributed by atoms with Gasteiger partial charge in [-0.3, -0.25) is 0 Å². The van der Waals surface area contributed by atoms with Crippen molar-refractivity contribution in [3.05, 3.63) is 23.5 Å². The number of sulfonamides is 1. The zero-order valence-electron chi connectivity index (χ0n) is 12.7. The first-order valence-corrected chi connectivity index (χ1v) is 8.42. The summed E-state index contributed by atoms with van der Waals surface area (Å²) in [6.07, 6.45) is 2.50. The van der Waals surface area contributed by atoms with Gasteiger partial charge in [-0.05, 0) is 31.9 Å². The van der Waals surface area contributed by atoms with Crippen LogP contribution in [0.1, 0.15) is 24.8 Å². The lowest BCUT2D eigenvalue weighted by Crippen LogP contribution is -2.47. The number of nitrogens with two attached hydrogens (primary N) is 1. The highest BCUT2D eigenvalue weighted by molar-refractivity contribution is 7.89. The van der Waals surface area contributed by atoms with Crippen molar-refractivity contribution in [2.24, 2.45) is 5.73 Å². The van der Waals surface area contributed by atoms with Crippen LogP contribution in [0.5, 0.6) is 5.75 Å². The highest BCUT2D eigenvalue weighted by Crippen LogP contribution is 2.30. The van der Waals surface area contributed by atoms with Gasteiger partial charge >= 0.3 is 0 Å². The van der Waals surface area contributed by atoms with Gasteiger partial charge in [0, 0.05) is 24.7 Å². The fourth-order valence-electron chi connectivity index (χ4n) is 2.73. The largest absolute Gasteiger partial charge is 0.494 e. The second kappa shape index (κ2) is 7.59. The fourth-order valence-corrected chi connectivity index (χ4v) is 4.65. The second-order valence-electron chi connectivity index (χ2n) is 5.21. The van der Waals surface area contributed by atoms with Crippen molar-refractivity contribution in [1.29, 1.82) is 0 Å². The monoisotopic (exact) mass is 352 g/mol. The molecule has 0 amide bonds. The predicted molar refractivity (Wildman–Crippen MR) is 85.5 cm³/mol. The van der Waals surface area contributed by atoms with Gasteiger partial charge in [0.25, 0.3) is 0 Å². The number of ether oxygens (including phenoxy) is 1. The Bertz CT molecular complexity index is 625. The molecular weight excluding hydrogens is 331 g/mol. The summed E-state index contributed by atoms with van der Waals surface area (Å²) >= 11 is 0. The summed E-state index contributed by atoms with van der Waals surface area (Å²) in [5.74, 6) is -0.597. The molecule has 1 saturated heterocycles. The zero-order valence-corrected chi connectivity index (χ0v) is 14.3. The van der Waals surface area contributed by atoms with E-state index >= 15 is 0 Å². The lowest BCUT2D eigenvalue weighted by atomic mass is 10.1. The summed E-state index contributed by atoms with van der Waals surface area (Å²) in [6.45, 7) is 2.15. The molecule has 5 nitrogen and oxygen atoms in total. The number of benzene rings is 1. The van der Waals surface area contributed by atoms with E-state index in [1.807, 2.05) is 0 Å². The van der Waals surface area contributed by atoms with Crippen LogP contribution in [-0.4, -0.2) is 39.0 Å². The molecular formula is C14H22ClFN2O3S. The van der Waals surface area contributed by atoms with Crippen molar-refractivity contribution in [3.8, 4) is 5.75 Å². The third-order valence-corrected chi connectivity index (χ3v) is 6.05. The number of hydrogen-bond acceptors (Lipinski definition) is 4. The summed E-state index contributed by atoms with van der Waals surface area (Å²) in [6, 6.07) is 2.53. The third kappa shape index (κ3) is 3.37. The van der Waals surface area contributed by atoms with Crippen LogP contribution in [0.15, 0.2) is 17.0 Å². The molecule has 1 aliphatic rings. The number of nitrogens with zero attached hydrogens (tertiary/aromatic N) is 1. The molecule has 1 fully saturated rings. The van der Waals surface area contributed by atoms with E-state index in [0.29, 0.717) is 6.54 Å². The van der Waals surface area contributed by atoms with Crippen molar-refractivity contribution in [2.75, 3.05) is 20.2 Å². The van der Waals surface area contributed by atoms with E-state index in [1.165, 1.54) is 30.5 Å². The SMILES string of the molecule is COc1ccc(S(=O)(=O)N2CCCCC2CN)c(C)c1F.Cl. The topological polar surface area (TPSA) is 72.6 Å². The average Bonchev–Trinajstić information content (AvgIpc) is 2.49.